The molecule has 0 aliphatic rings. The van der Waals surface area contributed by atoms with Gasteiger partial charge in [0.05, 0.1) is 0 Å². The van der Waals surface area contributed by atoms with Crippen LogP contribution in [-0.4, -0.2) is 24.9 Å². The fourth-order valence-corrected chi connectivity index (χ4v) is 1.98. The van der Waals surface area contributed by atoms with Gasteiger partial charge in [0.15, 0.2) is 0 Å². The summed E-state index contributed by atoms with van der Waals surface area (Å²) in [6.45, 7) is 3.19. The van der Waals surface area contributed by atoms with E-state index in [0.29, 0.717) is 13.1 Å². The lowest BCUT2D eigenvalue weighted by Crippen LogP contribution is -2.36. The Balaban J connectivity index is 2.16. The minimum absolute atomic E-state index is 0.112. The van der Waals surface area contributed by atoms with E-state index in [4.69, 9.17) is 11.6 Å². The summed E-state index contributed by atoms with van der Waals surface area (Å²) in [5.74, 6) is 0.846. The van der Waals surface area contributed by atoms with Crippen LogP contribution >= 0.6 is 23.4 Å². The number of hydrogen-bond acceptors (Lipinski definition) is 2. The molecule has 0 radical (unpaired) electrons. The summed E-state index contributed by atoms with van der Waals surface area (Å²) in [6.07, 6.45) is 0. The fraction of sp³-hybridized carbons (Fsp3) is 0.364. The Hall–Kier alpha value is -0.870. The summed E-state index contributed by atoms with van der Waals surface area (Å²) < 4.78 is 0. The van der Waals surface area contributed by atoms with Gasteiger partial charge in [-0.2, -0.15) is 0 Å². The second kappa shape index (κ2) is 7.41. The highest BCUT2D eigenvalue weighted by atomic mass is 35.5. The number of rotatable bonds is 5. The average Bonchev–Trinajstić information content (AvgIpc) is 2.27. The van der Waals surface area contributed by atoms with Gasteiger partial charge in [-0.25, -0.2) is 4.79 Å². The van der Waals surface area contributed by atoms with Crippen molar-refractivity contribution in [1.82, 2.24) is 10.6 Å². The predicted octanol–water partition coefficient (Wildman–Crippen LogP) is 2.75. The van der Waals surface area contributed by atoms with E-state index < -0.39 is 0 Å². The summed E-state index contributed by atoms with van der Waals surface area (Å²) in [7, 11) is 0. The normalized spacial score (nSPS) is 9.88. The molecule has 0 bridgehead atoms. The van der Waals surface area contributed by atoms with Gasteiger partial charge in [0.1, 0.15) is 0 Å². The highest BCUT2D eigenvalue weighted by Gasteiger charge is 1.97. The summed E-state index contributed by atoms with van der Waals surface area (Å²) in [4.78, 5) is 12.2. The Bertz CT molecular complexity index is 329. The van der Waals surface area contributed by atoms with Gasteiger partial charge in [-0.05, 0) is 31.2 Å². The lowest BCUT2D eigenvalue weighted by atomic mass is 10.4. The van der Waals surface area contributed by atoms with E-state index in [2.05, 4.69) is 10.6 Å². The molecule has 0 aromatic heterocycles. The quantitative estimate of drug-likeness (QED) is 0.630. The first-order valence-electron chi connectivity index (χ1n) is 5.12. The molecule has 0 aliphatic carbocycles. The van der Waals surface area contributed by atoms with Crippen molar-refractivity contribution in [1.29, 1.82) is 0 Å². The number of thioether (sulfide) groups is 1. The number of nitrogens with one attached hydrogen (secondary N) is 2. The third-order valence-electron chi connectivity index (χ3n) is 1.81. The first kappa shape index (κ1) is 13.2. The number of hydrogen-bond donors (Lipinski definition) is 2. The number of carbonyl (C=O) groups is 1. The van der Waals surface area contributed by atoms with Gasteiger partial charge in [-0.1, -0.05) is 11.6 Å². The van der Waals surface area contributed by atoms with E-state index in [1.54, 1.807) is 11.8 Å². The van der Waals surface area contributed by atoms with Gasteiger partial charge in [0.2, 0.25) is 0 Å². The largest absolute Gasteiger partial charge is 0.338 e. The van der Waals surface area contributed by atoms with Crippen LogP contribution in [0.25, 0.3) is 0 Å². The molecular formula is C11H15ClN2OS. The molecule has 0 unspecified atom stereocenters. The highest BCUT2D eigenvalue weighted by molar-refractivity contribution is 7.99. The zero-order valence-electron chi connectivity index (χ0n) is 9.13. The van der Waals surface area contributed by atoms with Crippen molar-refractivity contribution in [3.05, 3.63) is 29.3 Å². The standard InChI is InChI=1S/C11H15ClN2OS/c1-2-13-11(15)14-7-8-16-10-5-3-9(12)4-6-10/h3-6H,2,7-8H2,1H3,(H2,13,14,15). The lowest BCUT2D eigenvalue weighted by molar-refractivity contribution is 0.242. The van der Waals surface area contributed by atoms with Crippen LogP contribution in [0.4, 0.5) is 4.79 Å². The molecule has 2 amide bonds. The predicted molar refractivity (Wildman–Crippen MR) is 69.3 cm³/mol. The SMILES string of the molecule is CCNC(=O)NCCSc1ccc(Cl)cc1. The average molecular weight is 259 g/mol. The Morgan fingerprint density at radius 2 is 2.00 bits per heavy atom. The molecule has 1 rings (SSSR count). The number of urea groups is 1. The molecule has 0 aliphatic heterocycles. The topological polar surface area (TPSA) is 41.1 Å². The molecule has 1 aromatic carbocycles. The molecule has 0 atom stereocenters. The molecule has 2 N–H and O–H groups in total. The molecule has 5 heteroatoms. The van der Waals surface area contributed by atoms with Gasteiger partial charge in [0, 0.05) is 28.8 Å². The van der Waals surface area contributed by atoms with Crippen molar-refractivity contribution in [2.75, 3.05) is 18.8 Å². The van der Waals surface area contributed by atoms with E-state index in [1.165, 1.54) is 0 Å². The van der Waals surface area contributed by atoms with Crippen molar-refractivity contribution >= 4 is 29.4 Å². The number of amides is 2. The molecule has 1 aromatic rings. The number of halogens is 1. The van der Waals surface area contributed by atoms with Crippen LogP contribution in [0.15, 0.2) is 29.2 Å². The summed E-state index contributed by atoms with van der Waals surface area (Å²) in [5, 5.41) is 6.18. The maximum atomic E-state index is 11.1. The van der Waals surface area contributed by atoms with E-state index in [1.807, 2.05) is 31.2 Å². The first-order valence-corrected chi connectivity index (χ1v) is 6.49. The molecule has 0 heterocycles. The number of carbonyl (C=O) groups excluding carboxylic acids is 1. The summed E-state index contributed by atoms with van der Waals surface area (Å²) in [5.41, 5.74) is 0. The zero-order valence-corrected chi connectivity index (χ0v) is 10.7. The van der Waals surface area contributed by atoms with Crippen molar-refractivity contribution in [3.63, 3.8) is 0 Å². The van der Waals surface area contributed by atoms with Crippen molar-refractivity contribution in [2.45, 2.75) is 11.8 Å². The smallest absolute Gasteiger partial charge is 0.314 e. The monoisotopic (exact) mass is 258 g/mol. The molecule has 16 heavy (non-hydrogen) atoms. The Morgan fingerprint density at radius 1 is 1.31 bits per heavy atom. The van der Waals surface area contributed by atoms with Gasteiger partial charge in [-0.15, -0.1) is 11.8 Å². The second-order valence-electron chi connectivity index (χ2n) is 3.09. The van der Waals surface area contributed by atoms with Crippen LogP contribution in [0.5, 0.6) is 0 Å². The molecule has 0 saturated heterocycles. The van der Waals surface area contributed by atoms with Gasteiger partial charge < -0.3 is 10.6 Å². The molecular weight excluding hydrogens is 244 g/mol. The molecule has 0 saturated carbocycles. The van der Waals surface area contributed by atoms with Crippen LogP contribution in [0.1, 0.15) is 6.92 Å². The fourth-order valence-electron chi connectivity index (χ4n) is 1.09. The van der Waals surface area contributed by atoms with Crippen molar-refractivity contribution < 1.29 is 4.79 Å². The molecule has 0 fully saturated rings. The van der Waals surface area contributed by atoms with Crippen LogP contribution in [0, 0.1) is 0 Å². The molecule has 3 nitrogen and oxygen atoms in total. The van der Waals surface area contributed by atoms with Gasteiger partial charge >= 0.3 is 6.03 Å². The van der Waals surface area contributed by atoms with Crippen molar-refractivity contribution in [2.24, 2.45) is 0 Å². The minimum atomic E-state index is -0.112. The maximum absolute atomic E-state index is 11.1. The minimum Gasteiger partial charge on any atom is -0.338 e. The van der Waals surface area contributed by atoms with Crippen molar-refractivity contribution in [3.8, 4) is 0 Å². The first-order chi connectivity index (χ1) is 7.72. The maximum Gasteiger partial charge on any atom is 0.314 e. The van der Waals surface area contributed by atoms with Crippen LogP contribution in [0.3, 0.4) is 0 Å². The van der Waals surface area contributed by atoms with E-state index in [-0.39, 0.29) is 6.03 Å². The van der Waals surface area contributed by atoms with E-state index in [9.17, 15) is 4.79 Å². The number of benzene rings is 1. The Kier molecular flexibility index (Phi) is 6.11. The highest BCUT2D eigenvalue weighted by Crippen LogP contribution is 2.19. The summed E-state index contributed by atoms with van der Waals surface area (Å²) in [6, 6.07) is 7.56. The lowest BCUT2D eigenvalue weighted by Gasteiger charge is -2.05. The van der Waals surface area contributed by atoms with Gasteiger partial charge in [-0.3, -0.25) is 0 Å². The van der Waals surface area contributed by atoms with Crippen LogP contribution < -0.4 is 10.6 Å². The zero-order chi connectivity index (χ0) is 11.8. The Morgan fingerprint density at radius 3 is 2.62 bits per heavy atom. The third kappa shape index (κ3) is 5.28. The van der Waals surface area contributed by atoms with E-state index >= 15 is 0 Å². The van der Waals surface area contributed by atoms with Crippen LogP contribution in [0.2, 0.25) is 5.02 Å². The summed E-state index contributed by atoms with van der Waals surface area (Å²) >= 11 is 7.46. The molecule has 88 valence electrons. The Labute approximate surface area is 105 Å². The third-order valence-corrected chi connectivity index (χ3v) is 3.07. The van der Waals surface area contributed by atoms with Gasteiger partial charge in [0.25, 0.3) is 0 Å². The van der Waals surface area contributed by atoms with Crippen LogP contribution in [-0.2, 0) is 0 Å². The molecule has 0 spiro atoms. The van der Waals surface area contributed by atoms with E-state index in [0.717, 1.165) is 15.7 Å². The second-order valence-corrected chi connectivity index (χ2v) is 4.69.